The molecule has 15 heteroatoms. The number of aliphatic hydroxyl groups excluding tert-OH is 3. The van der Waals surface area contributed by atoms with Gasteiger partial charge in [-0.05, 0) is 32.9 Å². The van der Waals surface area contributed by atoms with Crippen molar-refractivity contribution in [2.75, 3.05) is 46.4 Å². The van der Waals surface area contributed by atoms with Gasteiger partial charge in [0, 0.05) is 32.1 Å². The second kappa shape index (κ2) is 13.2. The normalized spacial score (nSPS) is 41.4. The van der Waals surface area contributed by atoms with E-state index < -0.39 is 72.2 Å². The average molecular weight is 576 g/mol. The van der Waals surface area contributed by atoms with E-state index in [-0.39, 0.29) is 32.7 Å². The van der Waals surface area contributed by atoms with Crippen molar-refractivity contribution in [3.05, 3.63) is 11.8 Å². The van der Waals surface area contributed by atoms with Gasteiger partial charge in [-0.3, -0.25) is 4.79 Å². The average Bonchev–Trinajstić information content (AvgIpc) is 2.89. The molecule has 0 aromatic heterocycles. The van der Waals surface area contributed by atoms with E-state index in [4.69, 9.17) is 29.8 Å². The summed E-state index contributed by atoms with van der Waals surface area (Å²) in [6.07, 6.45) is -3.48. The predicted molar refractivity (Wildman–Crippen MR) is 139 cm³/mol. The molecule has 3 fully saturated rings. The number of rotatable bonds is 11. The molecule has 3 heterocycles. The maximum absolute atomic E-state index is 12.9. The molecule has 3 aliphatic heterocycles. The number of amides is 1. The quantitative estimate of drug-likeness (QED) is 0.104. The van der Waals surface area contributed by atoms with E-state index in [1.54, 1.807) is 7.05 Å². The zero-order valence-electron chi connectivity index (χ0n) is 23.0. The Kier molecular flexibility index (Phi) is 10.4. The van der Waals surface area contributed by atoms with Crippen LogP contribution >= 0.6 is 0 Å². The summed E-state index contributed by atoms with van der Waals surface area (Å²) >= 11 is 0. The Balaban J connectivity index is 1.48. The Hall–Kier alpha value is -1.47. The van der Waals surface area contributed by atoms with E-state index in [9.17, 15) is 25.2 Å². The van der Waals surface area contributed by atoms with E-state index in [0.29, 0.717) is 31.7 Å². The summed E-state index contributed by atoms with van der Waals surface area (Å²) in [5, 5.41) is 64.1. The molecule has 4 aliphatic rings. The lowest BCUT2D eigenvalue weighted by molar-refractivity contribution is -0.303. The predicted octanol–water partition coefficient (Wildman–Crippen LogP) is -4.67. The third-order valence-corrected chi connectivity index (χ3v) is 7.98. The molecule has 1 amide bonds. The molecule has 1 saturated carbocycles. The van der Waals surface area contributed by atoms with Crippen LogP contribution < -0.4 is 27.0 Å². The van der Waals surface area contributed by atoms with Crippen LogP contribution in [0.25, 0.3) is 0 Å². The zero-order chi connectivity index (χ0) is 29.1. The van der Waals surface area contributed by atoms with Crippen molar-refractivity contribution in [1.82, 2.24) is 21.3 Å². The van der Waals surface area contributed by atoms with Gasteiger partial charge in [0.25, 0.3) is 5.91 Å². The third-order valence-electron chi connectivity index (χ3n) is 7.98. The fourth-order valence-electron chi connectivity index (χ4n) is 5.62. The SMILES string of the molecule is CN[C@@H]1[C@@H](O)[C@@H](O[C@@H]2[C@@H](O)[C@H](O[C@@H]3CCC=C(CNCCO)O3)[C@@H](N)C[C@H]2NC(=O)C2(O)CNC2)OC[C@]1(C)O. The number of likely N-dealkylation sites (N-methyl/N-ethyl adjacent to an activating group) is 1. The first-order valence-corrected chi connectivity index (χ1v) is 13.8. The molecule has 15 nitrogen and oxygen atoms in total. The largest absolute Gasteiger partial charge is 0.468 e. The molecular formula is C25H45N5O10. The minimum absolute atomic E-state index is 0.00461. The molecule has 0 unspecified atom stereocenters. The molecule has 2 saturated heterocycles. The highest BCUT2D eigenvalue weighted by Crippen LogP contribution is 2.32. The van der Waals surface area contributed by atoms with Gasteiger partial charge in [0.15, 0.2) is 18.2 Å². The highest BCUT2D eigenvalue weighted by atomic mass is 16.7. The van der Waals surface area contributed by atoms with Crippen LogP contribution in [-0.2, 0) is 23.7 Å². The molecule has 230 valence electrons. The lowest BCUT2D eigenvalue weighted by Crippen LogP contribution is -2.72. The van der Waals surface area contributed by atoms with Gasteiger partial charge in [-0.15, -0.1) is 0 Å². The molecule has 0 aromatic carbocycles. The van der Waals surface area contributed by atoms with Gasteiger partial charge in [-0.2, -0.15) is 0 Å². The molecule has 40 heavy (non-hydrogen) atoms. The van der Waals surface area contributed by atoms with E-state index in [0.717, 1.165) is 0 Å². The van der Waals surface area contributed by atoms with Crippen molar-refractivity contribution in [2.45, 2.75) is 92.5 Å². The monoisotopic (exact) mass is 575 g/mol. The zero-order valence-corrected chi connectivity index (χ0v) is 23.0. The first-order chi connectivity index (χ1) is 19.0. The second-order valence-electron chi connectivity index (χ2n) is 11.3. The number of carbonyl (C=O) groups excluding carboxylic acids is 1. The number of allylic oxidation sites excluding steroid dienone is 1. The number of ether oxygens (including phenoxy) is 4. The molecule has 1 aliphatic carbocycles. The molecule has 0 aromatic rings. The smallest absolute Gasteiger partial charge is 0.254 e. The second-order valence-corrected chi connectivity index (χ2v) is 11.3. The molecule has 0 spiro atoms. The molecule has 4 rings (SSSR count). The Morgan fingerprint density at radius 1 is 1.23 bits per heavy atom. The van der Waals surface area contributed by atoms with Crippen LogP contribution in [0.5, 0.6) is 0 Å². The summed E-state index contributed by atoms with van der Waals surface area (Å²) in [6, 6.07) is -2.38. The Labute approximate surface area is 233 Å². The Morgan fingerprint density at radius 3 is 2.62 bits per heavy atom. The highest BCUT2D eigenvalue weighted by molar-refractivity contribution is 5.87. The number of β-amino-alcohol motifs (C(OH)–C–C–N with tert-alkyl or cyclic N) is 1. The maximum atomic E-state index is 12.9. The summed E-state index contributed by atoms with van der Waals surface area (Å²) in [7, 11) is 1.59. The van der Waals surface area contributed by atoms with Crippen LogP contribution in [0.4, 0.5) is 0 Å². The van der Waals surface area contributed by atoms with Crippen molar-refractivity contribution in [3.8, 4) is 0 Å². The standard InChI is InChI=1S/C25H45N5O10/c1-24(35)12-37-22(18(33)21(24)27-2)40-20-15(30-23(34)25(36)10-29-11-25)8-14(26)19(17(20)32)39-16-5-3-4-13(38-16)9-28-6-7-31/h4,14-22,27-29,31-33,35-36H,3,5-12,26H2,1-2H3,(H,30,34)/t14-,15+,16+,17-,18+,19+,20-,21+,22+,24-/m0/s1. The van der Waals surface area contributed by atoms with Gasteiger partial charge in [-0.1, -0.05) is 0 Å². The van der Waals surface area contributed by atoms with Gasteiger partial charge in [0.2, 0.25) is 0 Å². The highest BCUT2D eigenvalue weighted by Gasteiger charge is 2.52. The number of aliphatic hydroxyl groups is 5. The van der Waals surface area contributed by atoms with E-state index in [1.165, 1.54) is 6.92 Å². The Bertz CT molecular complexity index is 890. The first-order valence-electron chi connectivity index (χ1n) is 13.8. The number of nitrogens with one attached hydrogen (secondary N) is 4. The number of nitrogens with two attached hydrogens (primary N) is 1. The van der Waals surface area contributed by atoms with Crippen molar-refractivity contribution in [3.63, 3.8) is 0 Å². The lowest BCUT2D eigenvalue weighted by atomic mass is 9.82. The van der Waals surface area contributed by atoms with Crippen molar-refractivity contribution < 1.29 is 49.3 Å². The summed E-state index contributed by atoms with van der Waals surface area (Å²) in [5.74, 6) is 0.0123. The molecule has 0 radical (unpaired) electrons. The maximum Gasteiger partial charge on any atom is 0.254 e. The van der Waals surface area contributed by atoms with Crippen molar-refractivity contribution >= 4 is 5.91 Å². The van der Waals surface area contributed by atoms with Crippen molar-refractivity contribution in [2.24, 2.45) is 5.73 Å². The molecular weight excluding hydrogens is 530 g/mol. The van der Waals surface area contributed by atoms with Crippen LogP contribution in [-0.4, -0.2) is 144 Å². The van der Waals surface area contributed by atoms with Gasteiger partial charge in [0.1, 0.15) is 35.8 Å². The van der Waals surface area contributed by atoms with Crippen LogP contribution in [0.15, 0.2) is 11.8 Å². The van der Waals surface area contributed by atoms with E-state index in [2.05, 4.69) is 21.3 Å². The Morgan fingerprint density at radius 2 is 1.98 bits per heavy atom. The first kappa shape index (κ1) is 31.5. The van der Waals surface area contributed by atoms with Crippen LogP contribution in [0.2, 0.25) is 0 Å². The number of hydrogen-bond acceptors (Lipinski definition) is 14. The lowest BCUT2D eigenvalue weighted by Gasteiger charge is -2.49. The molecule has 11 N–H and O–H groups in total. The van der Waals surface area contributed by atoms with Crippen LogP contribution in [0.3, 0.4) is 0 Å². The van der Waals surface area contributed by atoms with Gasteiger partial charge in [-0.25, -0.2) is 0 Å². The van der Waals surface area contributed by atoms with E-state index in [1.807, 2.05) is 6.08 Å². The summed E-state index contributed by atoms with van der Waals surface area (Å²) in [6.45, 7) is 2.36. The summed E-state index contributed by atoms with van der Waals surface area (Å²) < 4.78 is 23.8. The third kappa shape index (κ3) is 6.94. The van der Waals surface area contributed by atoms with Crippen molar-refractivity contribution in [1.29, 1.82) is 0 Å². The van der Waals surface area contributed by atoms with Crippen LogP contribution in [0, 0.1) is 0 Å². The van der Waals surface area contributed by atoms with E-state index >= 15 is 0 Å². The number of carbonyl (C=O) groups is 1. The number of hydrogen-bond donors (Lipinski definition) is 10. The van der Waals surface area contributed by atoms with Crippen LogP contribution in [0.1, 0.15) is 26.2 Å². The summed E-state index contributed by atoms with van der Waals surface area (Å²) in [5.41, 5.74) is 3.47. The van der Waals surface area contributed by atoms with Gasteiger partial charge in [0.05, 0.1) is 31.8 Å². The minimum Gasteiger partial charge on any atom is -0.468 e. The molecule has 10 atom stereocenters. The van der Waals surface area contributed by atoms with Gasteiger partial charge < -0.3 is 71.5 Å². The molecule has 0 bridgehead atoms. The summed E-state index contributed by atoms with van der Waals surface area (Å²) in [4.78, 5) is 12.9. The topological polar surface area (TPSA) is 229 Å². The van der Waals surface area contributed by atoms with Gasteiger partial charge >= 0.3 is 0 Å². The minimum atomic E-state index is -1.59. The fourth-order valence-corrected chi connectivity index (χ4v) is 5.62. The fraction of sp³-hybridized carbons (Fsp3) is 0.880.